The number of benzene rings is 1. The summed E-state index contributed by atoms with van der Waals surface area (Å²) in [7, 11) is 0. The van der Waals surface area contributed by atoms with Crippen molar-refractivity contribution in [3.8, 4) is 0 Å². The van der Waals surface area contributed by atoms with Crippen LogP contribution in [0, 0.1) is 0 Å². The minimum absolute atomic E-state index is 0. The minimum atomic E-state index is 0. The molecule has 0 aliphatic carbocycles. The highest BCUT2D eigenvalue weighted by Crippen LogP contribution is 2.35. The number of hydrogen-bond donors (Lipinski definition) is 0. The molecule has 19 heavy (non-hydrogen) atoms. The summed E-state index contributed by atoms with van der Waals surface area (Å²) in [5, 5.41) is 0. The molecular weight excluding hydrogens is 322 g/mol. The molecule has 0 amide bonds. The van der Waals surface area contributed by atoms with Gasteiger partial charge in [0.05, 0.1) is 12.4 Å². The van der Waals surface area contributed by atoms with Crippen LogP contribution >= 0.6 is 28.7 Å². The Hall–Kier alpha value is -0.740. The second-order valence-electron chi connectivity index (χ2n) is 4.34. The number of ketones is 1. The van der Waals surface area contributed by atoms with E-state index >= 15 is 0 Å². The maximum atomic E-state index is 12.2. The Balaban J connectivity index is 0.00000180. The number of carbonyl (C=O) groups excluding carboxylic acids is 1. The van der Waals surface area contributed by atoms with Gasteiger partial charge in [0.25, 0.3) is 0 Å². The first-order chi connectivity index (χ1) is 8.76. The fourth-order valence-corrected chi connectivity index (χ4v) is 3.45. The van der Waals surface area contributed by atoms with Gasteiger partial charge in [0.2, 0.25) is 0 Å². The molecule has 104 valence electrons. The van der Waals surface area contributed by atoms with Crippen LogP contribution in [0.5, 0.6) is 0 Å². The van der Waals surface area contributed by atoms with Crippen LogP contribution in [0.15, 0.2) is 40.9 Å². The van der Waals surface area contributed by atoms with Crippen molar-refractivity contribution < 1.29 is 4.79 Å². The molecule has 0 saturated heterocycles. The zero-order chi connectivity index (χ0) is 13.0. The van der Waals surface area contributed by atoms with Gasteiger partial charge in [-0.15, -0.1) is 28.7 Å². The number of hydrogen-bond acceptors (Lipinski definition) is 3. The Bertz CT molecular complexity index is 458. The number of Topliss-reactive ketones (excluding diaryl/α,β-unsaturated/α-hetero) is 1. The van der Waals surface area contributed by atoms with E-state index in [9.17, 15) is 4.79 Å². The molecule has 0 radical (unpaired) electrons. The summed E-state index contributed by atoms with van der Waals surface area (Å²) in [6.07, 6.45) is 2.09. The molecule has 0 aromatic heterocycles. The van der Waals surface area contributed by atoms with Gasteiger partial charge in [0, 0.05) is 16.2 Å². The molecule has 0 N–H and O–H groups in total. The quantitative estimate of drug-likeness (QED) is 0.736. The molecule has 2 rings (SSSR count). The predicted molar refractivity (Wildman–Crippen MR) is 87.9 cm³/mol. The Morgan fingerprint density at radius 3 is 2.47 bits per heavy atom. The predicted octanol–water partition coefficient (Wildman–Crippen LogP) is 4.49. The fourth-order valence-electron chi connectivity index (χ4n) is 2.25. The lowest BCUT2D eigenvalue weighted by molar-refractivity contribution is 0.0957. The zero-order valence-electron chi connectivity index (χ0n) is 11.4. The van der Waals surface area contributed by atoms with E-state index in [2.05, 4.69) is 18.7 Å². The number of carbonyl (C=O) groups is 1. The van der Waals surface area contributed by atoms with E-state index in [-0.39, 0.29) is 22.8 Å². The Morgan fingerprint density at radius 1 is 1.21 bits per heavy atom. The average molecular weight is 342 g/mol. The second-order valence-corrected chi connectivity index (χ2v) is 5.38. The van der Waals surface area contributed by atoms with Gasteiger partial charge in [-0.2, -0.15) is 0 Å². The van der Waals surface area contributed by atoms with Gasteiger partial charge in [0.1, 0.15) is 0 Å². The monoisotopic (exact) mass is 341 g/mol. The third kappa shape index (κ3) is 3.86. The highest BCUT2D eigenvalue weighted by molar-refractivity contribution is 8.93. The topological polar surface area (TPSA) is 20.3 Å². The maximum absolute atomic E-state index is 12.2. The van der Waals surface area contributed by atoms with Gasteiger partial charge in [-0.1, -0.05) is 44.2 Å². The molecule has 0 saturated carbocycles. The van der Waals surface area contributed by atoms with Crippen LogP contribution in [-0.4, -0.2) is 23.1 Å². The molecule has 1 aliphatic heterocycles. The highest BCUT2D eigenvalue weighted by Gasteiger charge is 2.22. The van der Waals surface area contributed by atoms with Crippen molar-refractivity contribution in [3.05, 3.63) is 46.5 Å². The number of halogens is 1. The summed E-state index contributed by atoms with van der Waals surface area (Å²) in [6.45, 7) is 4.85. The first-order valence-corrected chi connectivity index (χ1v) is 7.42. The maximum Gasteiger partial charge on any atom is 0.182 e. The molecule has 0 fully saturated rings. The Morgan fingerprint density at radius 2 is 1.89 bits per heavy atom. The lowest BCUT2D eigenvalue weighted by atomic mass is 10.1. The van der Waals surface area contributed by atoms with Crippen molar-refractivity contribution in [2.75, 3.05) is 12.4 Å². The smallest absolute Gasteiger partial charge is 0.182 e. The minimum Gasteiger partial charge on any atom is -0.357 e. The summed E-state index contributed by atoms with van der Waals surface area (Å²) < 4.78 is 0. The van der Waals surface area contributed by atoms with Crippen molar-refractivity contribution in [2.24, 2.45) is 0 Å². The van der Waals surface area contributed by atoms with Crippen LogP contribution in [0.2, 0.25) is 0 Å². The second kappa shape index (κ2) is 7.75. The van der Waals surface area contributed by atoms with Crippen molar-refractivity contribution in [3.63, 3.8) is 0 Å². The number of rotatable bonds is 5. The normalized spacial score (nSPS) is 14.5. The first kappa shape index (κ1) is 16.3. The van der Waals surface area contributed by atoms with Crippen molar-refractivity contribution in [1.82, 2.24) is 4.90 Å². The summed E-state index contributed by atoms with van der Waals surface area (Å²) in [4.78, 5) is 15.8. The summed E-state index contributed by atoms with van der Waals surface area (Å²) >= 11 is 1.87. The van der Waals surface area contributed by atoms with Crippen molar-refractivity contribution in [1.29, 1.82) is 0 Å². The van der Waals surface area contributed by atoms with Crippen LogP contribution in [0.25, 0.3) is 0 Å². The Kier molecular flexibility index (Phi) is 6.66. The third-order valence-corrected chi connectivity index (χ3v) is 4.50. The van der Waals surface area contributed by atoms with Crippen LogP contribution in [-0.2, 0) is 0 Å². The van der Waals surface area contributed by atoms with Gasteiger partial charge in [-0.3, -0.25) is 4.79 Å². The molecular formula is C15H20BrNOS. The van der Waals surface area contributed by atoms with Crippen molar-refractivity contribution in [2.45, 2.75) is 26.7 Å². The number of thioether (sulfide) groups is 1. The molecule has 1 aromatic carbocycles. The van der Waals surface area contributed by atoms with Gasteiger partial charge in [0.15, 0.2) is 5.78 Å². The van der Waals surface area contributed by atoms with Crippen molar-refractivity contribution >= 4 is 34.5 Å². The summed E-state index contributed by atoms with van der Waals surface area (Å²) in [5.41, 5.74) is 2.16. The molecule has 1 heterocycles. The van der Waals surface area contributed by atoms with Crippen LogP contribution in [0.3, 0.4) is 0 Å². The lowest BCUT2D eigenvalue weighted by Gasteiger charge is -2.20. The molecule has 0 unspecified atom stereocenters. The molecule has 2 nitrogen and oxygen atoms in total. The van der Waals surface area contributed by atoms with E-state index in [1.54, 1.807) is 0 Å². The van der Waals surface area contributed by atoms with Crippen LogP contribution < -0.4 is 0 Å². The number of nitrogens with zero attached hydrogens (tertiary/aromatic N) is 1. The van der Waals surface area contributed by atoms with Gasteiger partial charge < -0.3 is 4.90 Å². The zero-order valence-corrected chi connectivity index (χ0v) is 13.9. The molecule has 1 aliphatic rings. The standard InChI is InChI=1S/C15H19NOS.BrH/c1-3-13-15(4-2)18-11-16(13)10-14(17)12-8-6-5-7-9-12;/h5-9H,3-4,10-11H2,1-2H3;1H. The first-order valence-electron chi connectivity index (χ1n) is 6.44. The Labute approximate surface area is 130 Å². The largest absolute Gasteiger partial charge is 0.357 e. The third-order valence-electron chi connectivity index (χ3n) is 3.18. The van der Waals surface area contributed by atoms with Gasteiger partial charge >= 0.3 is 0 Å². The van der Waals surface area contributed by atoms with E-state index in [1.807, 2.05) is 42.1 Å². The molecule has 0 bridgehead atoms. The molecule has 0 atom stereocenters. The average Bonchev–Trinajstić information content (AvgIpc) is 2.81. The number of allylic oxidation sites excluding steroid dienone is 2. The molecule has 0 spiro atoms. The SMILES string of the molecule is Br.CCC1=C(CC)N(CC(=O)c2ccccc2)CS1. The summed E-state index contributed by atoms with van der Waals surface area (Å²) in [5.74, 6) is 1.13. The van der Waals surface area contributed by atoms with E-state index in [0.29, 0.717) is 6.54 Å². The van der Waals surface area contributed by atoms with E-state index < -0.39 is 0 Å². The van der Waals surface area contributed by atoms with Gasteiger partial charge in [-0.25, -0.2) is 0 Å². The van der Waals surface area contributed by atoms with Gasteiger partial charge in [-0.05, 0) is 12.8 Å². The van der Waals surface area contributed by atoms with Crippen LogP contribution in [0.1, 0.15) is 37.0 Å². The molecule has 1 aromatic rings. The summed E-state index contributed by atoms with van der Waals surface area (Å²) in [6, 6.07) is 9.55. The van der Waals surface area contributed by atoms with Crippen LogP contribution in [0.4, 0.5) is 0 Å². The molecule has 4 heteroatoms. The lowest BCUT2D eigenvalue weighted by Crippen LogP contribution is -2.26. The van der Waals surface area contributed by atoms with E-state index in [4.69, 9.17) is 0 Å². The van der Waals surface area contributed by atoms with E-state index in [0.717, 1.165) is 24.3 Å². The fraction of sp³-hybridized carbons (Fsp3) is 0.400. The highest BCUT2D eigenvalue weighted by atomic mass is 79.9. The van der Waals surface area contributed by atoms with E-state index in [1.165, 1.54) is 10.6 Å².